The molecule has 0 aromatic heterocycles. The molecule has 0 saturated heterocycles. The van der Waals surface area contributed by atoms with Gasteiger partial charge in [0.15, 0.2) is 0 Å². The molecule has 1 saturated carbocycles. The van der Waals surface area contributed by atoms with Crippen LogP contribution < -0.4 is 0 Å². The van der Waals surface area contributed by atoms with Crippen molar-refractivity contribution >= 4 is 0 Å². The molecule has 12 heavy (non-hydrogen) atoms. The quantitative estimate of drug-likeness (QED) is 0.479. The molecular formula is C12H20. The fourth-order valence-electron chi connectivity index (χ4n) is 3.02. The molecule has 0 aliphatic heterocycles. The minimum atomic E-state index is 0.941. The van der Waals surface area contributed by atoms with Gasteiger partial charge in [-0.05, 0) is 49.9 Å². The Balaban J connectivity index is 2.07. The van der Waals surface area contributed by atoms with Crippen LogP contribution in [0, 0.1) is 23.7 Å². The van der Waals surface area contributed by atoms with Gasteiger partial charge in [-0.2, -0.15) is 0 Å². The van der Waals surface area contributed by atoms with E-state index in [1.165, 1.54) is 19.3 Å². The van der Waals surface area contributed by atoms with E-state index in [4.69, 9.17) is 0 Å². The maximum atomic E-state index is 2.53. The summed E-state index contributed by atoms with van der Waals surface area (Å²) >= 11 is 0. The fraction of sp³-hybridized carbons (Fsp3) is 0.833. The van der Waals surface area contributed by atoms with Crippen molar-refractivity contribution in [3.63, 3.8) is 0 Å². The molecule has 0 aromatic carbocycles. The van der Waals surface area contributed by atoms with E-state index in [1.54, 1.807) is 5.57 Å². The molecule has 0 N–H and O–H groups in total. The van der Waals surface area contributed by atoms with Crippen LogP contribution in [-0.4, -0.2) is 0 Å². The second-order valence-corrected chi connectivity index (χ2v) is 5.07. The Morgan fingerprint density at radius 3 is 2.58 bits per heavy atom. The molecule has 0 heterocycles. The van der Waals surface area contributed by atoms with Gasteiger partial charge in [0.25, 0.3) is 0 Å². The molecule has 0 radical (unpaired) electrons. The number of allylic oxidation sites excluding steroid dienone is 2. The van der Waals surface area contributed by atoms with Gasteiger partial charge in [0.1, 0.15) is 0 Å². The van der Waals surface area contributed by atoms with Gasteiger partial charge in [0, 0.05) is 0 Å². The first-order valence-electron chi connectivity index (χ1n) is 5.34. The Bertz CT molecular complexity index is 202. The number of rotatable bonds is 0. The summed E-state index contributed by atoms with van der Waals surface area (Å²) in [6.45, 7) is 7.14. The largest absolute Gasteiger partial charge is 0.0822 e. The van der Waals surface area contributed by atoms with Gasteiger partial charge in [-0.3, -0.25) is 0 Å². The summed E-state index contributed by atoms with van der Waals surface area (Å²) in [5, 5.41) is 0. The van der Waals surface area contributed by atoms with Crippen LogP contribution in [0.3, 0.4) is 0 Å². The van der Waals surface area contributed by atoms with Crippen molar-refractivity contribution in [3.05, 3.63) is 11.6 Å². The van der Waals surface area contributed by atoms with Crippen LogP contribution in [0.2, 0.25) is 0 Å². The summed E-state index contributed by atoms with van der Waals surface area (Å²) in [7, 11) is 0. The monoisotopic (exact) mass is 164 g/mol. The normalized spacial score (nSPS) is 47.1. The van der Waals surface area contributed by atoms with E-state index < -0.39 is 0 Å². The Hall–Kier alpha value is -0.260. The van der Waals surface area contributed by atoms with E-state index in [9.17, 15) is 0 Å². The second kappa shape index (κ2) is 2.90. The van der Waals surface area contributed by atoms with Crippen LogP contribution in [-0.2, 0) is 0 Å². The fourth-order valence-corrected chi connectivity index (χ4v) is 3.02. The average Bonchev–Trinajstić information content (AvgIpc) is 2.30. The van der Waals surface area contributed by atoms with Gasteiger partial charge in [-0.25, -0.2) is 0 Å². The van der Waals surface area contributed by atoms with Crippen molar-refractivity contribution in [1.82, 2.24) is 0 Å². The summed E-state index contributed by atoms with van der Waals surface area (Å²) in [5.41, 5.74) is 1.64. The summed E-state index contributed by atoms with van der Waals surface area (Å²) < 4.78 is 0. The molecule has 2 rings (SSSR count). The Kier molecular flexibility index (Phi) is 2.02. The highest BCUT2D eigenvalue weighted by Crippen LogP contribution is 2.45. The predicted molar refractivity (Wildman–Crippen MR) is 52.9 cm³/mol. The molecule has 0 aromatic rings. The number of hydrogen-bond acceptors (Lipinski definition) is 0. The van der Waals surface area contributed by atoms with Crippen LogP contribution in [0.4, 0.5) is 0 Å². The lowest BCUT2D eigenvalue weighted by molar-refractivity contribution is 0.172. The Morgan fingerprint density at radius 2 is 1.83 bits per heavy atom. The topological polar surface area (TPSA) is 0 Å². The van der Waals surface area contributed by atoms with E-state index in [0.717, 1.165) is 23.7 Å². The predicted octanol–water partition coefficient (Wildman–Crippen LogP) is 3.63. The molecule has 0 spiro atoms. The van der Waals surface area contributed by atoms with Gasteiger partial charge >= 0.3 is 0 Å². The lowest BCUT2D eigenvalue weighted by atomic mass is 9.71. The average molecular weight is 164 g/mol. The third kappa shape index (κ3) is 1.32. The summed E-state index contributed by atoms with van der Waals surface area (Å²) in [6.07, 6.45) is 6.84. The number of fused-ring (bicyclic) bond motifs is 1. The number of hydrogen-bond donors (Lipinski definition) is 0. The third-order valence-electron chi connectivity index (χ3n) is 3.98. The molecule has 4 unspecified atom stereocenters. The molecule has 68 valence electrons. The highest BCUT2D eigenvalue weighted by molar-refractivity contribution is 5.13. The molecule has 2 aliphatic rings. The highest BCUT2D eigenvalue weighted by atomic mass is 14.4. The Labute approximate surface area is 76.1 Å². The molecule has 0 heteroatoms. The van der Waals surface area contributed by atoms with Crippen molar-refractivity contribution in [2.75, 3.05) is 0 Å². The molecule has 1 fully saturated rings. The molecular weight excluding hydrogens is 144 g/mol. The minimum Gasteiger partial charge on any atom is -0.0822 e. The zero-order valence-electron chi connectivity index (χ0n) is 8.51. The van der Waals surface area contributed by atoms with Crippen molar-refractivity contribution in [2.45, 2.75) is 40.0 Å². The SMILES string of the molecule is CC1=CC2CC(C)C(C)CC2C1. The Morgan fingerprint density at radius 1 is 1.17 bits per heavy atom. The van der Waals surface area contributed by atoms with Crippen molar-refractivity contribution < 1.29 is 0 Å². The molecule has 2 aliphatic carbocycles. The van der Waals surface area contributed by atoms with E-state index in [-0.39, 0.29) is 0 Å². The zero-order chi connectivity index (χ0) is 8.72. The maximum Gasteiger partial charge on any atom is -0.0197 e. The summed E-state index contributed by atoms with van der Waals surface area (Å²) in [4.78, 5) is 0. The molecule has 4 atom stereocenters. The molecule has 0 bridgehead atoms. The standard InChI is InChI=1S/C12H20/c1-8-4-11-6-9(2)10(3)7-12(11)5-8/h4,9-12H,5-7H2,1-3H3. The van der Waals surface area contributed by atoms with Crippen molar-refractivity contribution in [3.8, 4) is 0 Å². The summed E-state index contributed by atoms with van der Waals surface area (Å²) in [6, 6.07) is 0. The first-order chi connectivity index (χ1) is 5.66. The van der Waals surface area contributed by atoms with Gasteiger partial charge in [0.2, 0.25) is 0 Å². The lowest BCUT2D eigenvalue weighted by Crippen LogP contribution is -2.25. The van der Waals surface area contributed by atoms with Crippen LogP contribution in [0.15, 0.2) is 11.6 Å². The van der Waals surface area contributed by atoms with E-state index in [2.05, 4.69) is 26.8 Å². The van der Waals surface area contributed by atoms with Gasteiger partial charge in [-0.15, -0.1) is 0 Å². The molecule has 0 amide bonds. The zero-order valence-corrected chi connectivity index (χ0v) is 8.51. The maximum absolute atomic E-state index is 2.53. The van der Waals surface area contributed by atoms with E-state index in [0.29, 0.717) is 0 Å². The third-order valence-corrected chi connectivity index (χ3v) is 3.98. The van der Waals surface area contributed by atoms with Crippen molar-refractivity contribution in [1.29, 1.82) is 0 Å². The first kappa shape index (κ1) is 8.34. The van der Waals surface area contributed by atoms with Crippen molar-refractivity contribution in [2.24, 2.45) is 23.7 Å². The van der Waals surface area contributed by atoms with E-state index >= 15 is 0 Å². The van der Waals surface area contributed by atoms with Gasteiger partial charge < -0.3 is 0 Å². The van der Waals surface area contributed by atoms with Crippen LogP contribution >= 0.6 is 0 Å². The van der Waals surface area contributed by atoms with Gasteiger partial charge in [0.05, 0.1) is 0 Å². The summed E-state index contributed by atoms with van der Waals surface area (Å²) in [5.74, 6) is 3.87. The second-order valence-electron chi connectivity index (χ2n) is 5.07. The van der Waals surface area contributed by atoms with Crippen LogP contribution in [0.1, 0.15) is 40.0 Å². The molecule has 0 nitrogen and oxygen atoms in total. The van der Waals surface area contributed by atoms with E-state index in [1.807, 2.05) is 0 Å². The lowest BCUT2D eigenvalue weighted by Gasteiger charge is -2.34. The van der Waals surface area contributed by atoms with Crippen LogP contribution in [0.5, 0.6) is 0 Å². The van der Waals surface area contributed by atoms with Gasteiger partial charge in [-0.1, -0.05) is 25.5 Å². The van der Waals surface area contributed by atoms with Crippen LogP contribution in [0.25, 0.3) is 0 Å². The highest BCUT2D eigenvalue weighted by Gasteiger charge is 2.34. The smallest absolute Gasteiger partial charge is 0.0197 e. The first-order valence-corrected chi connectivity index (χ1v) is 5.34. The minimum absolute atomic E-state index is 0.941.